The van der Waals surface area contributed by atoms with E-state index in [0.29, 0.717) is 5.92 Å². The van der Waals surface area contributed by atoms with Gasteiger partial charge in [0.2, 0.25) is 0 Å². The van der Waals surface area contributed by atoms with Gasteiger partial charge in [-0.15, -0.1) is 0 Å². The van der Waals surface area contributed by atoms with E-state index in [2.05, 4.69) is 59.7 Å². The molecule has 3 rings (SSSR count). The summed E-state index contributed by atoms with van der Waals surface area (Å²) in [4.78, 5) is 0.0877. The molecule has 0 unspecified atom stereocenters. The van der Waals surface area contributed by atoms with Crippen LogP contribution in [0.4, 0.5) is 0 Å². The largest absolute Gasteiger partial charge is 0.294 e. The van der Waals surface area contributed by atoms with Crippen molar-refractivity contribution in [2.24, 2.45) is 5.92 Å². The van der Waals surface area contributed by atoms with Crippen molar-refractivity contribution < 1.29 is 13.0 Å². The molecule has 1 aliphatic rings. The summed E-state index contributed by atoms with van der Waals surface area (Å²) in [6.07, 6.45) is 5.20. The molecule has 0 heterocycles. The van der Waals surface area contributed by atoms with Crippen LogP contribution in [0.1, 0.15) is 101 Å². The maximum absolute atomic E-state index is 12.0. The van der Waals surface area contributed by atoms with Gasteiger partial charge in [-0.3, -0.25) is 4.55 Å². The first kappa shape index (κ1) is 25.0. The molecule has 0 spiro atoms. The van der Waals surface area contributed by atoms with Crippen molar-refractivity contribution in [3.8, 4) is 0 Å². The van der Waals surface area contributed by atoms with Gasteiger partial charge in [0.1, 0.15) is 0 Å². The lowest BCUT2D eigenvalue weighted by Gasteiger charge is -2.27. The van der Waals surface area contributed by atoms with Crippen LogP contribution in [0.15, 0.2) is 41.3 Å². The van der Waals surface area contributed by atoms with Gasteiger partial charge in [0.25, 0.3) is 10.1 Å². The summed E-state index contributed by atoms with van der Waals surface area (Å²) in [5, 5.41) is 0. The Labute approximate surface area is 195 Å². The van der Waals surface area contributed by atoms with Crippen molar-refractivity contribution in [3.63, 3.8) is 0 Å². The van der Waals surface area contributed by atoms with Gasteiger partial charge in [0.15, 0.2) is 0 Å². The van der Waals surface area contributed by atoms with Crippen LogP contribution in [0.25, 0.3) is 0 Å². The normalized spacial score (nSPS) is 20.0. The van der Waals surface area contributed by atoms with Crippen LogP contribution in [-0.2, 0) is 27.4 Å². The molecule has 1 aliphatic carbocycles. The van der Waals surface area contributed by atoms with Crippen LogP contribution < -0.4 is 0 Å². The van der Waals surface area contributed by atoms with Crippen molar-refractivity contribution in [1.29, 1.82) is 0 Å². The van der Waals surface area contributed by atoms with Gasteiger partial charge < -0.3 is 0 Å². The molecule has 1 N–H and O–H groups in total. The van der Waals surface area contributed by atoms with Gasteiger partial charge in [-0.25, -0.2) is 0 Å². The summed E-state index contributed by atoms with van der Waals surface area (Å²) < 4.78 is 33.9. The van der Waals surface area contributed by atoms with Gasteiger partial charge in [-0.1, -0.05) is 83.9 Å². The van der Waals surface area contributed by atoms with E-state index in [9.17, 15) is 13.0 Å². The summed E-state index contributed by atoms with van der Waals surface area (Å²) in [5.74, 6) is 0.605. The lowest BCUT2D eigenvalue weighted by atomic mass is 9.78. The molecule has 1 fully saturated rings. The molecule has 0 bridgehead atoms. The van der Waals surface area contributed by atoms with Crippen molar-refractivity contribution in [2.45, 2.75) is 102 Å². The number of aryl methyl sites for hydroxylation is 2. The van der Waals surface area contributed by atoms with E-state index in [-0.39, 0.29) is 21.6 Å². The van der Waals surface area contributed by atoms with Crippen molar-refractivity contribution in [3.05, 3.63) is 64.2 Å². The molecule has 0 amide bonds. The van der Waals surface area contributed by atoms with E-state index in [1.54, 1.807) is 12.1 Å². The molecule has 32 heavy (non-hydrogen) atoms. The average molecular weight is 457 g/mol. The molecule has 0 aliphatic heterocycles. The molecule has 2 aromatic carbocycles. The van der Waals surface area contributed by atoms with E-state index in [1.807, 2.05) is 13.0 Å². The molecule has 0 aromatic heterocycles. The minimum atomic E-state index is -4.22. The highest BCUT2D eigenvalue weighted by Gasteiger charge is 2.32. The third-order valence-electron chi connectivity index (χ3n) is 7.03. The van der Waals surface area contributed by atoms with Crippen LogP contribution in [0.5, 0.6) is 0 Å². The zero-order valence-electron chi connectivity index (χ0n) is 20.8. The Morgan fingerprint density at radius 2 is 1.50 bits per heavy atom. The summed E-state index contributed by atoms with van der Waals surface area (Å²) in [6, 6.07) is 12.4. The highest BCUT2D eigenvalue weighted by atomic mass is 32.2. The highest BCUT2D eigenvalue weighted by molar-refractivity contribution is 7.85. The molecule has 1 saturated carbocycles. The first-order chi connectivity index (χ1) is 14.7. The molecule has 0 saturated heterocycles. The van der Waals surface area contributed by atoms with Gasteiger partial charge in [-0.05, 0) is 83.6 Å². The highest BCUT2D eigenvalue weighted by Crippen LogP contribution is 2.44. The number of rotatable bonds is 5. The predicted octanol–water partition coefficient (Wildman–Crippen LogP) is 7.35. The lowest BCUT2D eigenvalue weighted by molar-refractivity contribution is 0.439. The van der Waals surface area contributed by atoms with Gasteiger partial charge >= 0.3 is 0 Å². The van der Waals surface area contributed by atoms with Gasteiger partial charge in [-0.2, -0.15) is 8.42 Å². The predicted molar refractivity (Wildman–Crippen MR) is 133 cm³/mol. The monoisotopic (exact) mass is 456 g/mol. The molecular formula is C28H40O3S. The fourth-order valence-electron chi connectivity index (χ4n) is 5.04. The molecule has 0 radical (unpaired) electrons. The summed E-state index contributed by atoms with van der Waals surface area (Å²) in [7, 11) is -4.22. The molecule has 4 heteroatoms. The average Bonchev–Trinajstić information content (AvgIpc) is 3.12. The van der Waals surface area contributed by atoms with E-state index in [1.165, 1.54) is 16.7 Å². The Bertz CT molecular complexity index is 1040. The van der Waals surface area contributed by atoms with Crippen LogP contribution in [0.3, 0.4) is 0 Å². The number of hydrogen-bond donors (Lipinski definition) is 1. The Morgan fingerprint density at radius 1 is 0.906 bits per heavy atom. The topological polar surface area (TPSA) is 54.4 Å². The summed E-state index contributed by atoms with van der Waals surface area (Å²) in [6.45, 7) is 15.6. The van der Waals surface area contributed by atoms with Crippen molar-refractivity contribution in [2.75, 3.05) is 0 Å². The molecular weight excluding hydrogens is 416 g/mol. The third kappa shape index (κ3) is 5.82. The maximum Gasteiger partial charge on any atom is 0.294 e. The maximum atomic E-state index is 12.0. The second-order valence-electron chi connectivity index (χ2n) is 11.8. The Morgan fingerprint density at radius 3 is 2.03 bits per heavy atom. The van der Waals surface area contributed by atoms with Gasteiger partial charge in [0, 0.05) is 0 Å². The summed E-state index contributed by atoms with van der Waals surface area (Å²) in [5.41, 5.74) is 6.13. The van der Waals surface area contributed by atoms with Crippen LogP contribution >= 0.6 is 0 Å². The Balaban J connectivity index is 1.89. The zero-order valence-corrected chi connectivity index (χ0v) is 21.6. The molecule has 176 valence electrons. The first-order valence-corrected chi connectivity index (χ1v) is 13.3. The van der Waals surface area contributed by atoms with E-state index >= 15 is 0 Å². The van der Waals surface area contributed by atoms with Gasteiger partial charge in [0.05, 0.1) is 4.90 Å². The van der Waals surface area contributed by atoms with Crippen molar-refractivity contribution >= 4 is 10.1 Å². The van der Waals surface area contributed by atoms with E-state index in [4.69, 9.17) is 0 Å². The fraction of sp³-hybridized carbons (Fsp3) is 0.571. The quantitative estimate of drug-likeness (QED) is 0.478. The molecule has 3 nitrogen and oxygen atoms in total. The fourth-order valence-corrected chi connectivity index (χ4v) is 5.79. The second-order valence-corrected chi connectivity index (χ2v) is 13.2. The van der Waals surface area contributed by atoms with Crippen molar-refractivity contribution in [1.82, 2.24) is 0 Å². The first-order valence-electron chi connectivity index (χ1n) is 11.9. The molecule has 2 aromatic rings. The molecule has 2 atom stereocenters. The SMILES string of the molecule is Cc1ccc(S(=O)(=O)O)c([C@@H]2CCC[C@@H]2CCc2cc(C(C)(C)C)cc(C(C)(C)C)c2)c1. The minimum absolute atomic E-state index is 0.0877. The number of hydrogen-bond acceptors (Lipinski definition) is 2. The second kappa shape index (κ2) is 8.95. The van der Waals surface area contributed by atoms with Crippen LogP contribution in [0.2, 0.25) is 0 Å². The number of benzene rings is 2. The smallest absolute Gasteiger partial charge is 0.282 e. The van der Waals surface area contributed by atoms with Crippen LogP contribution in [-0.4, -0.2) is 13.0 Å². The third-order valence-corrected chi connectivity index (χ3v) is 7.96. The standard InChI is InChI=1S/C28H40O3S/c1-19-11-14-26(32(29,30)31)25(15-19)24-10-8-9-21(24)13-12-20-16-22(27(2,3)4)18-23(17-20)28(5,6)7/h11,14-18,21,24H,8-10,12-13H2,1-7H3,(H,29,30,31)/t21-,24-/m1/s1. The Hall–Kier alpha value is -1.65. The van der Waals surface area contributed by atoms with Crippen LogP contribution in [0, 0.1) is 12.8 Å². The zero-order chi connectivity index (χ0) is 23.9. The Kier molecular flexibility index (Phi) is 6.98. The van der Waals surface area contributed by atoms with E-state index < -0.39 is 10.1 Å². The minimum Gasteiger partial charge on any atom is -0.282 e. The summed E-state index contributed by atoms with van der Waals surface area (Å²) >= 11 is 0. The van der Waals surface area contributed by atoms with E-state index in [0.717, 1.165) is 43.2 Å². The lowest BCUT2D eigenvalue weighted by Crippen LogP contribution is -2.17.